The molecule has 0 saturated heterocycles. The summed E-state index contributed by atoms with van der Waals surface area (Å²) in [6.07, 6.45) is 6.20. The van der Waals surface area contributed by atoms with Crippen LogP contribution < -0.4 is 16.6 Å². The minimum Gasteiger partial charge on any atom is -0.384 e. The Morgan fingerprint density at radius 1 is 1.14 bits per heavy atom. The lowest BCUT2D eigenvalue weighted by molar-refractivity contribution is 0.0734. The van der Waals surface area contributed by atoms with Gasteiger partial charge in [0.2, 0.25) is 0 Å². The third kappa shape index (κ3) is 3.01. The van der Waals surface area contributed by atoms with Crippen LogP contribution in [0.25, 0.3) is 0 Å². The van der Waals surface area contributed by atoms with Crippen LogP contribution in [0.5, 0.6) is 0 Å². The Labute approximate surface area is 168 Å². The number of hydrogen-bond acceptors (Lipinski definition) is 4. The summed E-state index contributed by atoms with van der Waals surface area (Å²) in [5.74, 6) is -0.700. The number of aromatic nitrogens is 1. The van der Waals surface area contributed by atoms with E-state index in [0.29, 0.717) is 30.6 Å². The van der Waals surface area contributed by atoms with E-state index in [1.165, 1.54) is 5.56 Å². The highest BCUT2D eigenvalue weighted by atomic mass is 16.2. The number of anilines is 1. The van der Waals surface area contributed by atoms with Crippen molar-refractivity contribution in [2.45, 2.75) is 44.7 Å². The molecule has 3 aliphatic rings. The van der Waals surface area contributed by atoms with Crippen LogP contribution in [0, 0.1) is 0 Å². The summed E-state index contributed by atoms with van der Waals surface area (Å²) in [5, 5.41) is 3.38. The first-order valence-corrected chi connectivity index (χ1v) is 10.3. The Morgan fingerprint density at radius 2 is 1.97 bits per heavy atom. The first-order chi connectivity index (χ1) is 14.0. The second-order valence-electron chi connectivity index (χ2n) is 8.16. The summed E-state index contributed by atoms with van der Waals surface area (Å²) < 4.78 is 1.64. The van der Waals surface area contributed by atoms with Gasteiger partial charge in [-0.2, -0.15) is 0 Å². The second kappa shape index (κ2) is 6.76. The SMILES string of the molecule is NC(=O)c1c2c(cn(C3CC3)c1=O)CN(C(=O)c1cccc3c1NCCC3)CC2. The Bertz CT molecular complexity index is 1080. The van der Waals surface area contributed by atoms with Crippen LogP contribution in [-0.2, 0) is 19.4 Å². The van der Waals surface area contributed by atoms with Crippen molar-refractivity contribution in [3.8, 4) is 0 Å². The predicted octanol–water partition coefficient (Wildman–Crippen LogP) is 1.84. The molecule has 0 unspecified atom stereocenters. The Hall–Kier alpha value is -3.09. The van der Waals surface area contributed by atoms with Crippen molar-refractivity contribution in [3.63, 3.8) is 0 Å². The summed E-state index contributed by atoms with van der Waals surface area (Å²) in [6, 6.07) is 6.02. The van der Waals surface area contributed by atoms with Crippen LogP contribution in [0.3, 0.4) is 0 Å². The standard InChI is InChI=1S/C22H24N4O3/c23-20(27)18-16-8-10-25(11-14(16)12-26(22(18)29)15-6-7-15)21(28)17-5-1-3-13-4-2-9-24-19(13)17/h1,3,5,12,15,24H,2,4,6-11H2,(H2,23,27). The molecule has 7 heteroatoms. The van der Waals surface area contributed by atoms with Crippen molar-refractivity contribution >= 4 is 17.5 Å². The average molecular weight is 392 g/mol. The van der Waals surface area contributed by atoms with Gasteiger partial charge in [0.25, 0.3) is 17.4 Å². The van der Waals surface area contributed by atoms with Gasteiger partial charge >= 0.3 is 0 Å². The maximum absolute atomic E-state index is 13.3. The molecule has 3 N–H and O–H groups in total. The monoisotopic (exact) mass is 392 g/mol. The number of nitrogens with two attached hydrogens (primary N) is 1. The van der Waals surface area contributed by atoms with E-state index < -0.39 is 5.91 Å². The molecule has 0 spiro atoms. The van der Waals surface area contributed by atoms with E-state index in [1.807, 2.05) is 18.3 Å². The van der Waals surface area contributed by atoms with Crippen LogP contribution >= 0.6 is 0 Å². The maximum Gasteiger partial charge on any atom is 0.263 e. The molecule has 3 heterocycles. The van der Waals surface area contributed by atoms with Gasteiger partial charge in [-0.15, -0.1) is 0 Å². The number of primary amides is 1. The summed E-state index contributed by atoms with van der Waals surface area (Å²) >= 11 is 0. The van der Waals surface area contributed by atoms with E-state index in [-0.39, 0.29) is 23.1 Å². The van der Waals surface area contributed by atoms with E-state index in [2.05, 4.69) is 11.4 Å². The number of carbonyl (C=O) groups excluding carboxylic acids is 2. The molecular weight excluding hydrogens is 368 g/mol. The molecule has 29 heavy (non-hydrogen) atoms. The topological polar surface area (TPSA) is 97.4 Å². The highest BCUT2D eigenvalue weighted by Crippen LogP contribution is 2.35. The summed E-state index contributed by atoms with van der Waals surface area (Å²) in [6.45, 7) is 1.71. The molecule has 5 rings (SSSR count). The number of hydrogen-bond donors (Lipinski definition) is 2. The van der Waals surface area contributed by atoms with Gasteiger partial charge in [-0.1, -0.05) is 12.1 Å². The van der Waals surface area contributed by atoms with Gasteiger partial charge in [-0.05, 0) is 54.9 Å². The summed E-state index contributed by atoms with van der Waals surface area (Å²) in [7, 11) is 0. The van der Waals surface area contributed by atoms with E-state index in [1.54, 1.807) is 9.47 Å². The van der Waals surface area contributed by atoms with Crippen molar-refractivity contribution in [1.29, 1.82) is 0 Å². The number of rotatable bonds is 3. The summed E-state index contributed by atoms with van der Waals surface area (Å²) in [4.78, 5) is 39.9. The smallest absolute Gasteiger partial charge is 0.263 e. The molecule has 1 aromatic carbocycles. The highest BCUT2D eigenvalue weighted by Gasteiger charge is 2.32. The fourth-order valence-corrected chi connectivity index (χ4v) is 4.59. The third-order valence-electron chi connectivity index (χ3n) is 6.21. The molecule has 1 aliphatic carbocycles. The fourth-order valence-electron chi connectivity index (χ4n) is 4.59. The molecule has 0 radical (unpaired) electrons. The maximum atomic E-state index is 13.3. The van der Waals surface area contributed by atoms with Crippen LogP contribution in [0.1, 0.15) is 62.7 Å². The Morgan fingerprint density at radius 3 is 2.72 bits per heavy atom. The molecule has 0 bridgehead atoms. The lowest BCUT2D eigenvalue weighted by Gasteiger charge is -2.31. The molecule has 1 fully saturated rings. The first kappa shape index (κ1) is 18.0. The summed E-state index contributed by atoms with van der Waals surface area (Å²) in [5.41, 5.74) is 9.72. The van der Waals surface area contributed by atoms with Crippen LogP contribution in [-0.4, -0.2) is 34.4 Å². The molecule has 2 aliphatic heterocycles. The van der Waals surface area contributed by atoms with Gasteiger partial charge in [-0.3, -0.25) is 14.4 Å². The third-order valence-corrected chi connectivity index (χ3v) is 6.21. The zero-order chi connectivity index (χ0) is 20.1. The minimum absolute atomic E-state index is 0.0216. The molecule has 1 aromatic heterocycles. The van der Waals surface area contributed by atoms with Gasteiger partial charge < -0.3 is 20.5 Å². The largest absolute Gasteiger partial charge is 0.384 e. The number of para-hydroxylation sites is 1. The van der Waals surface area contributed by atoms with E-state index in [0.717, 1.165) is 43.5 Å². The number of carbonyl (C=O) groups is 2. The van der Waals surface area contributed by atoms with Gasteiger partial charge in [0.15, 0.2) is 0 Å². The van der Waals surface area contributed by atoms with Crippen molar-refractivity contribution in [3.05, 3.63) is 62.6 Å². The molecule has 7 nitrogen and oxygen atoms in total. The molecule has 150 valence electrons. The number of aryl methyl sites for hydroxylation is 1. The zero-order valence-corrected chi connectivity index (χ0v) is 16.2. The lowest BCUT2D eigenvalue weighted by atomic mass is 9.94. The zero-order valence-electron chi connectivity index (χ0n) is 16.2. The van der Waals surface area contributed by atoms with Crippen LogP contribution in [0.2, 0.25) is 0 Å². The Balaban J connectivity index is 1.51. The molecule has 1 saturated carbocycles. The number of fused-ring (bicyclic) bond motifs is 2. The number of nitrogens with one attached hydrogen (secondary N) is 1. The normalized spacial score (nSPS) is 17.9. The minimum atomic E-state index is -0.678. The number of pyridine rings is 1. The lowest BCUT2D eigenvalue weighted by Crippen LogP contribution is -2.40. The van der Waals surface area contributed by atoms with Crippen molar-refractivity contribution in [1.82, 2.24) is 9.47 Å². The highest BCUT2D eigenvalue weighted by molar-refractivity contribution is 6.01. The van der Waals surface area contributed by atoms with Gasteiger partial charge in [-0.25, -0.2) is 0 Å². The van der Waals surface area contributed by atoms with Gasteiger partial charge in [0, 0.05) is 31.9 Å². The molecule has 0 atom stereocenters. The van der Waals surface area contributed by atoms with Gasteiger partial charge in [0.05, 0.1) is 11.3 Å². The quantitative estimate of drug-likeness (QED) is 0.833. The predicted molar refractivity (Wildman–Crippen MR) is 109 cm³/mol. The second-order valence-corrected chi connectivity index (χ2v) is 8.16. The van der Waals surface area contributed by atoms with E-state index in [9.17, 15) is 14.4 Å². The molecular formula is C22H24N4O3. The average Bonchev–Trinajstić information content (AvgIpc) is 3.57. The van der Waals surface area contributed by atoms with E-state index >= 15 is 0 Å². The van der Waals surface area contributed by atoms with Crippen molar-refractivity contribution in [2.24, 2.45) is 5.73 Å². The first-order valence-electron chi connectivity index (χ1n) is 10.3. The number of benzene rings is 1. The van der Waals surface area contributed by atoms with Crippen molar-refractivity contribution < 1.29 is 9.59 Å². The van der Waals surface area contributed by atoms with Crippen LogP contribution in [0.4, 0.5) is 5.69 Å². The van der Waals surface area contributed by atoms with Crippen molar-refractivity contribution in [2.75, 3.05) is 18.4 Å². The van der Waals surface area contributed by atoms with E-state index in [4.69, 9.17) is 5.73 Å². The number of amides is 2. The van der Waals surface area contributed by atoms with Crippen LogP contribution in [0.15, 0.2) is 29.2 Å². The Kier molecular flexibility index (Phi) is 4.19. The molecule has 2 amide bonds. The fraction of sp³-hybridized carbons (Fsp3) is 0.409. The number of nitrogens with zero attached hydrogens (tertiary/aromatic N) is 2. The molecule has 2 aromatic rings. The van der Waals surface area contributed by atoms with Gasteiger partial charge in [0.1, 0.15) is 5.56 Å².